The second kappa shape index (κ2) is 11.9. The largest absolute Gasteiger partial charge is 0.455 e. The lowest BCUT2D eigenvalue weighted by molar-refractivity contribution is -0.137. The maximum atomic E-state index is 14.0. The molecule has 3 fully saturated rings. The molecular formula is C31H33ClN4O6. The highest BCUT2D eigenvalue weighted by Crippen LogP contribution is 2.45. The topological polar surface area (TPSA) is 137 Å². The van der Waals surface area contributed by atoms with Crippen molar-refractivity contribution in [1.82, 2.24) is 15.5 Å². The van der Waals surface area contributed by atoms with Gasteiger partial charge in [0.1, 0.15) is 29.8 Å². The number of hydrogen-bond acceptors (Lipinski definition) is 7. The van der Waals surface area contributed by atoms with E-state index in [0.717, 1.165) is 19.3 Å². The van der Waals surface area contributed by atoms with Crippen LogP contribution in [0.1, 0.15) is 37.7 Å². The molecule has 0 radical (unpaired) electrons. The summed E-state index contributed by atoms with van der Waals surface area (Å²) in [5.41, 5.74) is 1.47. The van der Waals surface area contributed by atoms with Crippen LogP contribution < -0.4 is 15.4 Å². The first-order valence-corrected chi connectivity index (χ1v) is 14.9. The fourth-order valence-corrected chi connectivity index (χ4v) is 7.07. The molecule has 42 heavy (non-hydrogen) atoms. The van der Waals surface area contributed by atoms with Gasteiger partial charge in [0, 0.05) is 36.0 Å². The van der Waals surface area contributed by atoms with Gasteiger partial charge in [0.15, 0.2) is 11.5 Å². The van der Waals surface area contributed by atoms with Crippen LogP contribution in [0.25, 0.3) is 0 Å². The van der Waals surface area contributed by atoms with E-state index >= 15 is 0 Å². The molecular weight excluding hydrogens is 560 g/mol. The first-order chi connectivity index (χ1) is 20.3. The molecule has 2 saturated heterocycles. The minimum Gasteiger partial charge on any atom is -0.455 e. The highest BCUT2D eigenvalue weighted by atomic mass is 35.5. The maximum Gasteiger partial charge on any atom is 0.269 e. The van der Waals surface area contributed by atoms with E-state index in [2.05, 4.69) is 15.6 Å². The van der Waals surface area contributed by atoms with E-state index in [1.807, 2.05) is 30.3 Å². The van der Waals surface area contributed by atoms with Gasteiger partial charge in [-0.3, -0.25) is 19.2 Å². The maximum absolute atomic E-state index is 14.0. The second-order valence-electron chi connectivity index (χ2n) is 11.5. The number of halogens is 1. The van der Waals surface area contributed by atoms with Crippen molar-refractivity contribution >= 4 is 46.5 Å². The number of fused-ring (bicyclic) bond motifs is 2. The predicted octanol–water partition coefficient (Wildman–Crippen LogP) is 2.96. The number of benzene rings is 2. The van der Waals surface area contributed by atoms with Crippen molar-refractivity contribution in [3.8, 4) is 11.5 Å². The van der Waals surface area contributed by atoms with Gasteiger partial charge in [-0.2, -0.15) is 0 Å². The highest BCUT2D eigenvalue weighted by Gasteiger charge is 2.51. The van der Waals surface area contributed by atoms with Crippen molar-refractivity contribution in [3.05, 3.63) is 53.1 Å². The fraction of sp³-hybridized carbons (Fsp3) is 0.452. The molecule has 3 aliphatic heterocycles. The quantitative estimate of drug-likeness (QED) is 0.409. The van der Waals surface area contributed by atoms with E-state index in [-0.39, 0.29) is 42.2 Å². The van der Waals surface area contributed by atoms with Crippen molar-refractivity contribution in [2.45, 2.75) is 50.6 Å². The molecule has 0 spiro atoms. The molecule has 1 saturated carbocycles. The van der Waals surface area contributed by atoms with Gasteiger partial charge in [-0.1, -0.05) is 36.2 Å². The number of ketones is 1. The molecule has 4 aliphatic rings. The fourth-order valence-electron chi connectivity index (χ4n) is 6.85. The monoisotopic (exact) mass is 592 g/mol. The SMILES string of the molecule is O=C1NCC[C@H]1C[C@H](NC(=O)[C@@H]1[C@H]2CCC[C@H]2CN1C(=O)C1=Nc2c(Oc3ccccc3)ccc(Cl)c2C1)C(=O)CO. The van der Waals surface area contributed by atoms with Crippen LogP contribution in [0.5, 0.6) is 11.5 Å². The Kier molecular flexibility index (Phi) is 8.00. The Balaban J connectivity index is 1.24. The number of amides is 3. The molecule has 2 aromatic rings. The van der Waals surface area contributed by atoms with Gasteiger partial charge in [-0.25, -0.2) is 4.99 Å². The Morgan fingerprint density at radius 1 is 1.14 bits per heavy atom. The molecule has 2 aromatic carbocycles. The summed E-state index contributed by atoms with van der Waals surface area (Å²) in [5.74, 6) is -0.691. The molecule has 3 heterocycles. The summed E-state index contributed by atoms with van der Waals surface area (Å²) in [7, 11) is 0. The first-order valence-electron chi connectivity index (χ1n) is 14.5. The number of aliphatic hydroxyl groups excluding tert-OH is 1. The molecule has 1 aliphatic carbocycles. The summed E-state index contributed by atoms with van der Waals surface area (Å²) in [6, 6.07) is 10.9. The van der Waals surface area contributed by atoms with Crippen LogP contribution in [0.2, 0.25) is 5.02 Å². The van der Waals surface area contributed by atoms with Crippen LogP contribution in [0, 0.1) is 17.8 Å². The zero-order valence-electron chi connectivity index (χ0n) is 23.1. The number of carbonyl (C=O) groups is 4. The molecule has 0 aromatic heterocycles. The van der Waals surface area contributed by atoms with Gasteiger partial charge >= 0.3 is 0 Å². The number of rotatable bonds is 9. The summed E-state index contributed by atoms with van der Waals surface area (Å²) in [6.07, 6.45) is 3.54. The lowest BCUT2D eigenvalue weighted by Gasteiger charge is -2.29. The Morgan fingerprint density at radius 3 is 2.69 bits per heavy atom. The lowest BCUT2D eigenvalue weighted by Crippen LogP contribution is -2.54. The van der Waals surface area contributed by atoms with E-state index < -0.39 is 36.3 Å². The number of aliphatic imine (C=N–C) groups is 1. The molecule has 0 unspecified atom stereocenters. The van der Waals surface area contributed by atoms with Gasteiger partial charge < -0.3 is 25.4 Å². The van der Waals surface area contributed by atoms with Crippen molar-refractivity contribution in [1.29, 1.82) is 0 Å². The molecule has 0 bridgehead atoms. The summed E-state index contributed by atoms with van der Waals surface area (Å²) in [4.78, 5) is 58.9. The van der Waals surface area contributed by atoms with E-state index in [1.165, 1.54) is 0 Å². The number of aliphatic hydroxyl groups is 1. The van der Waals surface area contributed by atoms with Crippen LogP contribution in [0.4, 0.5) is 5.69 Å². The smallest absolute Gasteiger partial charge is 0.269 e. The Labute approximate surface area is 248 Å². The molecule has 3 amide bonds. The van der Waals surface area contributed by atoms with Crippen molar-refractivity contribution < 1.29 is 29.0 Å². The third-order valence-corrected chi connectivity index (χ3v) is 9.32. The van der Waals surface area contributed by atoms with Crippen LogP contribution >= 0.6 is 11.6 Å². The number of ether oxygens (including phenoxy) is 1. The summed E-state index contributed by atoms with van der Waals surface area (Å²) in [5, 5.41) is 15.6. The van der Waals surface area contributed by atoms with Crippen molar-refractivity contribution in [3.63, 3.8) is 0 Å². The molecule has 3 N–H and O–H groups in total. The Morgan fingerprint density at radius 2 is 1.95 bits per heavy atom. The Hall–Kier alpha value is -3.76. The van der Waals surface area contributed by atoms with Crippen LogP contribution in [0.3, 0.4) is 0 Å². The standard InChI is InChI=1S/C31H33ClN4O6/c32-22-9-10-26(42-19-6-2-1-3-7-19)27-21(22)14-24(34-27)31(41)36-15-18-5-4-8-20(18)28(36)30(40)35-23(25(38)16-37)13-17-11-12-33-29(17)39/h1-3,6-7,9-10,17-18,20,23,28,37H,4-5,8,11-16H2,(H,33,39)(H,35,40)/t17-,18-,20-,23-,28-/m0/s1. The average Bonchev–Trinajstić information content (AvgIpc) is 3.78. The molecule has 10 nitrogen and oxygen atoms in total. The minimum atomic E-state index is -1.02. The number of hydrogen-bond donors (Lipinski definition) is 3. The van der Waals surface area contributed by atoms with E-state index in [0.29, 0.717) is 47.3 Å². The number of nitrogens with zero attached hydrogens (tertiary/aromatic N) is 2. The van der Waals surface area contributed by atoms with Crippen LogP contribution in [-0.4, -0.2) is 71.0 Å². The van der Waals surface area contributed by atoms with Crippen molar-refractivity contribution in [2.24, 2.45) is 22.7 Å². The van der Waals surface area contributed by atoms with Gasteiger partial charge in [-0.15, -0.1) is 0 Å². The molecule has 11 heteroatoms. The van der Waals surface area contributed by atoms with Gasteiger partial charge in [0.2, 0.25) is 11.8 Å². The van der Waals surface area contributed by atoms with E-state index in [4.69, 9.17) is 16.3 Å². The normalized spacial score (nSPS) is 25.0. The minimum absolute atomic E-state index is 0.0430. The van der Waals surface area contributed by atoms with E-state index in [9.17, 15) is 24.3 Å². The zero-order chi connectivity index (χ0) is 29.4. The van der Waals surface area contributed by atoms with Crippen molar-refractivity contribution in [2.75, 3.05) is 19.7 Å². The number of nitrogens with one attached hydrogen (secondary N) is 2. The summed E-state index contributed by atoms with van der Waals surface area (Å²) in [6.45, 7) is 0.183. The summed E-state index contributed by atoms with van der Waals surface area (Å²) < 4.78 is 6.05. The third kappa shape index (κ3) is 5.41. The first kappa shape index (κ1) is 28.4. The Bertz CT molecular complexity index is 1450. The predicted molar refractivity (Wildman–Crippen MR) is 155 cm³/mol. The number of Topliss-reactive ketones (excluding diaryl/α,β-unsaturated/α-hetero) is 1. The van der Waals surface area contributed by atoms with Crippen LogP contribution in [-0.2, 0) is 25.6 Å². The van der Waals surface area contributed by atoms with E-state index in [1.54, 1.807) is 17.0 Å². The van der Waals surface area contributed by atoms with Gasteiger partial charge in [-0.05, 0) is 61.8 Å². The second-order valence-corrected chi connectivity index (χ2v) is 11.9. The molecule has 220 valence electrons. The zero-order valence-corrected chi connectivity index (χ0v) is 23.8. The highest BCUT2D eigenvalue weighted by molar-refractivity contribution is 6.42. The number of para-hydroxylation sites is 1. The van der Waals surface area contributed by atoms with Crippen LogP contribution in [0.15, 0.2) is 47.5 Å². The van der Waals surface area contributed by atoms with Gasteiger partial charge in [0.05, 0.1) is 6.04 Å². The average molecular weight is 593 g/mol. The lowest BCUT2D eigenvalue weighted by atomic mass is 9.92. The number of carbonyl (C=O) groups excluding carboxylic acids is 4. The summed E-state index contributed by atoms with van der Waals surface area (Å²) >= 11 is 6.51. The van der Waals surface area contributed by atoms with Gasteiger partial charge in [0.25, 0.3) is 5.91 Å². The molecule has 6 rings (SSSR count). The third-order valence-electron chi connectivity index (χ3n) is 8.96. The number of likely N-dealkylation sites (tertiary alicyclic amines) is 1. The molecule has 5 atom stereocenters.